The van der Waals surface area contributed by atoms with Crippen LogP contribution in [0.4, 0.5) is 0 Å². The van der Waals surface area contributed by atoms with Crippen molar-refractivity contribution >= 4 is 47.6 Å². The molecule has 0 radical (unpaired) electrons. The lowest BCUT2D eigenvalue weighted by atomic mass is 10.3. The van der Waals surface area contributed by atoms with Gasteiger partial charge in [-0.1, -0.05) is 13.8 Å². The fourth-order valence-corrected chi connectivity index (χ4v) is 3.16. The van der Waals surface area contributed by atoms with Crippen LogP contribution in [-0.4, -0.2) is 61.0 Å². The minimum atomic E-state index is 0. The lowest BCUT2D eigenvalue weighted by Crippen LogP contribution is -2.50. The van der Waals surface area contributed by atoms with Gasteiger partial charge in [-0.05, 0) is 12.8 Å². The molecule has 0 saturated carbocycles. The Morgan fingerprint density at radius 2 is 2.15 bits per heavy atom. The first-order chi connectivity index (χ1) is 9.21. The number of hydrogen-bond donors (Lipinski definition) is 2. The molecule has 2 N–H and O–H groups in total. The Labute approximate surface area is 143 Å². The number of nitrogens with zero attached hydrogens (tertiary/aromatic N) is 2. The minimum Gasteiger partial charge on any atom is -0.355 e. The summed E-state index contributed by atoms with van der Waals surface area (Å²) in [7, 11) is 1.77. The molecule has 1 fully saturated rings. The van der Waals surface area contributed by atoms with Gasteiger partial charge < -0.3 is 15.5 Å². The summed E-state index contributed by atoms with van der Waals surface area (Å²) < 4.78 is 0. The highest BCUT2D eigenvalue weighted by Gasteiger charge is 2.21. The molecule has 1 aliphatic heterocycles. The topological polar surface area (TPSA) is 56.7 Å². The Morgan fingerprint density at radius 3 is 2.75 bits per heavy atom. The molecule has 1 heterocycles. The van der Waals surface area contributed by atoms with Gasteiger partial charge >= 0.3 is 0 Å². The van der Waals surface area contributed by atoms with E-state index < -0.39 is 0 Å². The van der Waals surface area contributed by atoms with Crippen molar-refractivity contribution < 1.29 is 4.79 Å². The van der Waals surface area contributed by atoms with E-state index in [1.807, 2.05) is 18.7 Å². The van der Waals surface area contributed by atoms with Crippen LogP contribution in [0.15, 0.2) is 4.99 Å². The van der Waals surface area contributed by atoms with Gasteiger partial charge in [-0.25, -0.2) is 0 Å². The molecule has 0 bridgehead atoms. The highest BCUT2D eigenvalue weighted by molar-refractivity contribution is 14.0. The largest absolute Gasteiger partial charge is 0.355 e. The van der Waals surface area contributed by atoms with Crippen molar-refractivity contribution in [3.05, 3.63) is 0 Å². The second-order valence-electron chi connectivity index (χ2n) is 4.60. The number of rotatable bonds is 5. The zero-order valence-electron chi connectivity index (χ0n) is 12.6. The molecule has 0 aromatic rings. The Balaban J connectivity index is 0.00000361. The van der Waals surface area contributed by atoms with E-state index in [-0.39, 0.29) is 29.9 Å². The van der Waals surface area contributed by atoms with Crippen molar-refractivity contribution in [2.24, 2.45) is 4.99 Å². The first-order valence-corrected chi connectivity index (χ1v) is 8.10. The highest BCUT2D eigenvalue weighted by atomic mass is 127. The van der Waals surface area contributed by atoms with Gasteiger partial charge in [0.05, 0.1) is 6.54 Å². The molecule has 1 atom stereocenters. The van der Waals surface area contributed by atoms with Gasteiger partial charge in [0, 0.05) is 37.7 Å². The summed E-state index contributed by atoms with van der Waals surface area (Å²) in [6.45, 7) is 7.30. The zero-order chi connectivity index (χ0) is 14.1. The monoisotopic (exact) mass is 414 g/mol. The predicted molar refractivity (Wildman–Crippen MR) is 98.2 cm³/mol. The smallest absolute Gasteiger partial charge is 0.239 e. The molecule has 0 spiro atoms. The maximum atomic E-state index is 11.6. The van der Waals surface area contributed by atoms with E-state index in [4.69, 9.17) is 0 Å². The maximum Gasteiger partial charge on any atom is 0.239 e. The number of aliphatic imine (C=N–C) groups is 1. The second-order valence-corrected chi connectivity index (χ2v) is 6.01. The highest BCUT2D eigenvalue weighted by Crippen LogP contribution is 2.20. The van der Waals surface area contributed by atoms with Gasteiger partial charge in [-0.3, -0.25) is 9.79 Å². The lowest BCUT2D eigenvalue weighted by molar-refractivity contribution is -0.120. The normalized spacial score (nSPS) is 19.2. The number of halogens is 1. The molecular weight excluding hydrogens is 387 g/mol. The van der Waals surface area contributed by atoms with E-state index in [0.29, 0.717) is 11.8 Å². The average Bonchev–Trinajstić information content (AvgIpc) is 2.46. The molecule has 1 rings (SSSR count). The summed E-state index contributed by atoms with van der Waals surface area (Å²) in [4.78, 5) is 18.1. The molecule has 7 heteroatoms. The molecule has 5 nitrogen and oxygen atoms in total. The van der Waals surface area contributed by atoms with Gasteiger partial charge in [0.25, 0.3) is 0 Å². The minimum absolute atomic E-state index is 0. The van der Waals surface area contributed by atoms with Crippen molar-refractivity contribution in [3.63, 3.8) is 0 Å². The Morgan fingerprint density at radius 1 is 1.40 bits per heavy atom. The number of carbonyl (C=O) groups excluding carboxylic acids is 1. The molecule has 1 saturated heterocycles. The van der Waals surface area contributed by atoms with Gasteiger partial charge in [-0.15, -0.1) is 24.0 Å². The van der Waals surface area contributed by atoms with Gasteiger partial charge in [0.2, 0.25) is 5.91 Å². The van der Waals surface area contributed by atoms with Crippen LogP contribution in [0, 0.1) is 0 Å². The number of nitrogens with one attached hydrogen (secondary N) is 2. The second kappa shape index (κ2) is 11.5. The van der Waals surface area contributed by atoms with Crippen LogP contribution < -0.4 is 10.6 Å². The van der Waals surface area contributed by atoms with Crippen molar-refractivity contribution in [2.45, 2.75) is 31.9 Å². The predicted octanol–water partition coefficient (Wildman–Crippen LogP) is 1.53. The molecule has 0 aliphatic carbocycles. The first kappa shape index (κ1) is 19.8. The van der Waals surface area contributed by atoms with Crippen molar-refractivity contribution in [1.82, 2.24) is 15.5 Å². The molecule has 1 amide bonds. The van der Waals surface area contributed by atoms with E-state index in [1.54, 1.807) is 7.05 Å². The van der Waals surface area contributed by atoms with E-state index in [0.717, 1.165) is 37.8 Å². The molecule has 1 unspecified atom stereocenters. The number of carbonyl (C=O) groups is 1. The summed E-state index contributed by atoms with van der Waals surface area (Å²) >= 11 is 2.03. The summed E-state index contributed by atoms with van der Waals surface area (Å²) in [5.74, 6) is 1.99. The average molecular weight is 414 g/mol. The van der Waals surface area contributed by atoms with Gasteiger partial charge in [0.1, 0.15) is 0 Å². The lowest BCUT2D eigenvalue weighted by Gasteiger charge is -2.34. The summed E-state index contributed by atoms with van der Waals surface area (Å²) in [5.41, 5.74) is 0. The molecule has 0 aromatic carbocycles. The van der Waals surface area contributed by atoms with Crippen LogP contribution in [-0.2, 0) is 4.79 Å². The Kier molecular flexibility index (Phi) is 11.4. The van der Waals surface area contributed by atoms with E-state index in [1.165, 1.54) is 6.42 Å². The van der Waals surface area contributed by atoms with Crippen LogP contribution in [0.5, 0.6) is 0 Å². The van der Waals surface area contributed by atoms with Gasteiger partial charge in [0.15, 0.2) is 5.96 Å². The van der Waals surface area contributed by atoms with Crippen molar-refractivity contribution in [3.8, 4) is 0 Å². The third-order valence-corrected chi connectivity index (χ3v) is 4.46. The molecule has 1 aliphatic rings. The van der Waals surface area contributed by atoms with Crippen LogP contribution in [0.25, 0.3) is 0 Å². The summed E-state index contributed by atoms with van der Waals surface area (Å²) in [5, 5.41) is 6.67. The molecular formula is C13H27IN4OS. The van der Waals surface area contributed by atoms with Crippen LogP contribution in [0.1, 0.15) is 26.7 Å². The maximum absolute atomic E-state index is 11.6. The van der Waals surface area contributed by atoms with Crippen molar-refractivity contribution in [1.29, 1.82) is 0 Å². The zero-order valence-corrected chi connectivity index (χ0v) is 15.8. The number of hydrogen-bond acceptors (Lipinski definition) is 3. The number of guanidine groups is 1. The van der Waals surface area contributed by atoms with Crippen LogP contribution >= 0.6 is 35.7 Å². The van der Waals surface area contributed by atoms with Crippen molar-refractivity contribution in [2.75, 3.05) is 39.0 Å². The van der Waals surface area contributed by atoms with Crippen LogP contribution in [0.3, 0.4) is 0 Å². The fourth-order valence-electron chi connectivity index (χ4n) is 1.98. The Hall–Kier alpha value is -0.180. The first-order valence-electron chi connectivity index (χ1n) is 7.05. The van der Waals surface area contributed by atoms with E-state index in [9.17, 15) is 4.79 Å². The fraction of sp³-hybridized carbons (Fsp3) is 0.846. The molecule has 0 aromatic heterocycles. The quantitative estimate of drug-likeness (QED) is 0.407. The third-order valence-electron chi connectivity index (χ3n) is 3.08. The van der Waals surface area contributed by atoms with Gasteiger partial charge in [-0.2, -0.15) is 11.8 Å². The molecule has 20 heavy (non-hydrogen) atoms. The van der Waals surface area contributed by atoms with E-state index in [2.05, 4.69) is 27.4 Å². The SMILES string of the molecule is CCCNC(=O)CNC(=NC)N1CCSC(CC)C1.I. The number of thioether (sulfide) groups is 1. The standard InChI is InChI=1S/C13H26N4OS.HI/c1-4-6-15-12(18)9-16-13(14-3)17-7-8-19-11(5-2)10-17;/h11H,4-10H2,1-3H3,(H,14,16)(H,15,18);1H. The summed E-state index contributed by atoms with van der Waals surface area (Å²) in [6.07, 6.45) is 2.14. The molecule has 118 valence electrons. The number of amides is 1. The Bertz CT molecular complexity index is 315. The summed E-state index contributed by atoms with van der Waals surface area (Å²) in [6, 6.07) is 0. The van der Waals surface area contributed by atoms with E-state index >= 15 is 0 Å². The van der Waals surface area contributed by atoms with Crippen LogP contribution in [0.2, 0.25) is 0 Å². The third kappa shape index (κ3) is 7.01.